The highest BCUT2D eigenvalue weighted by atomic mass is 19.1. The Balaban J connectivity index is 2.86. The second kappa shape index (κ2) is 5.21. The van der Waals surface area contributed by atoms with Crippen LogP contribution in [0.5, 0.6) is 0 Å². The summed E-state index contributed by atoms with van der Waals surface area (Å²) in [5, 5.41) is 3.08. The lowest BCUT2D eigenvalue weighted by atomic mass is 10.0. The lowest BCUT2D eigenvalue weighted by Crippen LogP contribution is -2.21. The average Bonchev–Trinajstić information content (AvgIpc) is 2.20. The maximum Gasteiger partial charge on any atom is 0.128 e. The van der Waals surface area contributed by atoms with Crippen molar-refractivity contribution in [3.05, 3.63) is 47.0 Å². The number of nitrogens with one attached hydrogen (secondary N) is 1. The summed E-state index contributed by atoms with van der Waals surface area (Å²) in [4.78, 5) is 0. The minimum absolute atomic E-state index is 0.230. The normalized spacial score (nSPS) is 12.6. The van der Waals surface area contributed by atoms with Crippen LogP contribution in [-0.4, -0.2) is 6.54 Å². The van der Waals surface area contributed by atoms with Crippen molar-refractivity contribution >= 4 is 0 Å². The maximum atomic E-state index is 13.6. The quantitative estimate of drug-likeness (QED) is 0.773. The highest BCUT2D eigenvalue weighted by Gasteiger charge is 2.13. The van der Waals surface area contributed by atoms with Gasteiger partial charge in [-0.2, -0.15) is 0 Å². The van der Waals surface area contributed by atoms with Gasteiger partial charge in [-0.3, -0.25) is 0 Å². The third kappa shape index (κ3) is 3.14. The zero-order chi connectivity index (χ0) is 12.3. The number of hydrogen-bond donors (Lipinski definition) is 1. The van der Waals surface area contributed by atoms with Gasteiger partial charge < -0.3 is 5.32 Å². The predicted octanol–water partition coefficient (Wildman–Crippen LogP) is 3.50. The van der Waals surface area contributed by atoms with Gasteiger partial charge in [-0.1, -0.05) is 12.2 Å². The Kier molecular flexibility index (Phi) is 4.19. The monoisotopic (exact) mass is 225 g/mol. The lowest BCUT2D eigenvalue weighted by molar-refractivity contribution is 0.530. The summed E-state index contributed by atoms with van der Waals surface area (Å²) in [5.41, 5.74) is 1.64. The highest BCUT2D eigenvalue weighted by molar-refractivity contribution is 5.27. The van der Waals surface area contributed by atoms with E-state index in [0.29, 0.717) is 17.7 Å². The first-order valence-corrected chi connectivity index (χ1v) is 5.25. The Morgan fingerprint density at radius 1 is 1.38 bits per heavy atom. The van der Waals surface area contributed by atoms with E-state index in [1.165, 1.54) is 12.1 Å². The predicted molar refractivity (Wildman–Crippen MR) is 62.3 cm³/mol. The van der Waals surface area contributed by atoms with E-state index in [-0.39, 0.29) is 17.7 Å². The summed E-state index contributed by atoms with van der Waals surface area (Å²) in [6.07, 6.45) is 0. The van der Waals surface area contributed by atoms with Crippen LogP contribution in [0.2, 0.25) is 0 Å². The van der Waals surface area contributed by atoms with Gasteiger partial charge in [-0.05, 0) is 38.5 Å². The molecule has 0 aromatic heterocycles. The lowest BCUT2D eigenvalue weighted by Gasteiger charge is -2.15. The van der Waals surface area contributed by atoms with Gasteiger partial charge in [0.1, 0.15) is 11.6 Å². The fourth-order valence-corrected chi connectivity index (χ4v) is 1.43. The van der Waals surface area contributed by atoms with Crippen LogP contribution >= 0.6 is 0 Å². The van der Waals surface area contributed by atoms with Gasteiger partial charge >= 0.3 is 0 Å². The first-order chi connectivity index (χ1) is 7.41. The Morgan fingerprint density at radius 3 is 2.56 bits per heavy atom. The van der Waals surface area contributed by atoms with Crippen molar-refractivity contribution in [2.24, 2.45) is 0 Å². The summed E-state index contributed by atoms with van der Waals surface area (Å²) in [6.45, 7) is 9.57. The van der Waals surface area contributed by atoms with E-state index in [1.807, 2.05) is 6.92 Å². The van der Waals surface area contributed by atoms with Crippen molar-refractivity contribution in [3.63, 3.8) is 0 Å². The molecule has 1 rings (SSSR count). The SMILES string of the molecule is C=C(C)CNC(C)c1cc(F)c(C)cc1F. The third-order valence-corrected chi connectivity index (χ3v) is 2.45. The zero-order valence-electron chi connectivity index (χ0n) is 9.90. The smallest absolute Gasteiger partial charge is 0.128 e. The molecule has 0 bridgehead atoms. The largest absolute Gasteiger partial charge is 0.306 e. The summed E-state index contributed by atoms with van der Waals surface area (Å²) >= 11 is 0. The Labute approximate surface area is 95.2 Å². The number of aryl methyl sites for hydroxylation is 1. The van der Waals surface area contributed by atoms with E-state index in [2.05, 4.69) is 11.9 Å². The van der Waals surface area contributed by atoms with Crippen molar-refractivity contribution < 1.29 is 8.78 Å². The molecule has 1 unspecified atom stereocenters. The Bertz CT molecular complexity index is 399. The molecular formula is C13H17F2N. The first-order valence-electron chi connectivity index (χ1n) is 5.25. The van der Waals surface area contributed by atoms with Crippen molar-refractivity contribution in [2.75, 3.05) is 6.54 Å². The maximum absolute atomic E-state index is 13.6. The molecule has 0 saturated carbocycles. The summed E-state index contributed by atoms with van der Waals surface area (Å²) in [5.74, 6) is -0.749. The van der Waals surface area contributed by atoms with Crippen LogP contribution in [0.15, 0.2) is 24.3 Å². The van der Waals surface area contributed by atoms with Crippen molar-refractivity contribution in [1.82, 2.24) is 5.32 Å². The molecule has 0 fully saturated rings. The van der Waals surface area contributed by atoms with Crippen molar-refractivity contribution in [2.45, 2.75) is 26.8 Å². The van der Waals surface area contributed by atoms with Gasteiger partial charge in [0, 0.05) is 18.2 Å². The zero-order valence-corrected chi connectivity index (χ0v) is 9.90. The number of rotatable bonds is 4. The molecule has 88 valence electrons. The standard InChI is InChI=1S/C13H17F2N/c1-8(2)7-16-10(4)11-6-12(14)9(3)5-13(11)15/h5-6,10,16H,1,7H2,2-4H3. The van der Waals surface area contributed by atoms with Crippen LogP contribution in [0, 0.1) is 18.6 Å². The fraction of sp³-hybridized carbons (Fsp3) is 0.385. The second-order valence-corrected chi connectivity index (χ2v) is 4.18. The van der Waals surface area contributed by atoms with E-state index in [4.69, 9.17) is 0 Å². The molecule has 3 heteroatoms. The minimum Gasteiger partial charge on any atom is -0.306 e. The topological polar surface area (TPSA) is 12.0 Å². The molecule has 1 nitrogen and oxygen atoms in total. The third-order valence-electron chi connectivity index (χ3n) is 2.45. The molecule has 0 aliphatic carbocycles. The van der Waals surface area contributed by atoms with E-state index in [0.717, 1.165) is 5.57 Å². The summed E-state index contributed by atoms with van der Waals surface area (Å²) in [7, 11) is 0. The van der Waals surface area contributed by atoms with Gasteiger partial charge in [0.2, 0.25) is 0 Å². The molecule has 0 spiro atoms. The van der Waals surface area contributed by atoms with Crippen LogP contribution in [-0.2, 0) is 0 Å². The summed E-state index contributed by atoms with van der Waals surface area (Å²) in [6, 6.07) is 2.25. The highest BCUT2D eigenvalue weighted by Crippen LogP contribution is 2.20. The van der Waals surface area contributed by atoms with E-state index < -0.39 is 0 Å². The molecule has 0 amide bonds. The second-order valence-electron chi connectivity index (χ2n) is 4.18. The van der Waals surface area contributed by atoms with Crippen LogP contribution in [0.3, 0.4) is 0 Å². The molecule has 1 atom stereocenters. The van der Waals surface area contributed by atoms with E-state index in [9.17, 15) is 8.78 Å². The Morgan fingerprint density at radius 2 is 2.00 bits per heavy atom. The average molecular weight is 225 g/mol. The fourth-order valence-electron chi connectivity index (χ4n) is 1.43. The molecule has 0 saturated heterocycles. The summed E-state index contributed by atoms with van der Waals surface area (Å²) < 4.78 is 26.9. The van der Waals surface area contributed by atoms with Crippen molar-refractivity contribution in [3.8, 4) is 0 Å². The molecule has 1 aromatic rings. The molecule has 0 heterocycles. The molecule has 0 aliphatic heterocycles. The number of halogens is 2. The van der Waals surface area contributed by atoms with Gasteiger partial charge in [0.15, 0.2) is 0 Å². The van der Waals surface area contributed by atoms with Gasteiger partial charge in [0.05, 0.1) is 0 Å². The molecule has 0 aliphatic rings. The van der Waals surface area contributed by atoms with Gasteiger partial charge in [0.25, 0.3) is 0 Å². The van der Waals surface area contributed by atoms with E-state index >= 15 is 0 Å². The Hall–Kier alpha value is -1.22. The van der Waals surface area contributed by atoms with Gasteiger partial charge in [-0.15, -0.1) is 0 Å². The number of benzene rings is 1. The van der Waals surface area contributed by atoms with Crippen LogP contribution in [0.4, 0.5) is 8.78 Å². The molecule has 0 radical (unpaired) electrons. The minimum atomic E-state index is -0.375. The van der Waals surface area contributed by atoms with Crippen LogP contribution < -0.4 is 5.32 Å². The molecule has 16 heavy (non-hydrogen) atoms. The molecule has 1 aromatic carbocycles. The van der Waals surface area contributed by atoms with Crippen LogP contribution in [0.25, 0.3) is 0 Å². The van der Waals surface area contributed by atoms with E-state index in [1.54, 1.807) is 13.8 Å². The molecular weight excluding hydrogens is 208 g/mol. The van der Waals surface area contributed by atoms with Crippen LogP contribution in [0.1, 0.15) is 31.0 Å². The van der Waals surface area contributed by atoms with Gasteiger partial charge in [-0.25, -0.2) is 8.78 Å². The number of hydrogen-bond acceptors (Lipinski definition) is 1. The first kappa shape index (κ1) is 12.8. The molecule has 1 N–H and O–H groups in total. The van der Waals surface area contributed by atoms with Crippen molar-refractivity contribution in [1.29, 1.82) is 0 Å².